The summed E-state index contributed by atoms with van der Waals surface area (Å²) >= 11 is 0. The highest BCUT2D eigenvalue weighted by Gasteiger charge is 2.15. The zero-order chi connectivity index (χ0) is 16.6. The number of nitrogens with one attached hydrogen (secondary N) is 2. The number of fused-ring (bicyclic) bond motifs is 1. The average molecular weight is 329 g/mol. The van der Waals surface area contributed by atoms with Crippen LogP contribution >= 0.6 is 0 Å². The molecule has 3 aromatic rings. The summed E-state index contributed by atoms with van der Waals surface area (Å²) in [5.74, 6) is 0.883. The summed E-state index contributed by atoms with van der Waals surface area (Å²) in [5, 5.41) is 0. The van der Waals surface area contributed by atoms with Gasteiger partial charge in [0.2, 0.25) is 0 Å². The molecule has 6 heteroatoms. The molecule has 23 heavy (non-hydrogen) atoms. The number of aromatic nitrogens is 2. The van der Waals surface area contributed by atoms with Gasteiger partial charge in [-0.15, -0.1) is 0 Å². The first kappa shape index (κ1) is 15.6. The molecule has 3 rings (SSSR count). The molecule has 0 aliphatic carbocycles. The lowest BCUT2D eigenvalue weighted by molar-refractivity contribution is 0.601. The minimum atomic E-state index is -3.60. The van der Waals surface area contributed by atoms with Crippen LogP contribution in [0.5, 0.6) is 0 Å². The minimum absolute atomic E-state index is 0.263. The SMILES string of the molecule is CCc1nc2ccc(NS(=O)(=O)c3ccc(C)c(C)c3)cc2[nH]1. The fourth-order valence-corrected chi connectivity index (χ4v) is 3.52. The van der Waals surface area contributed by atoms with E-state index < -0.39 is 10.0 Å². The standard InChI is InChI=1S/C17H19N3O2S/c1-4-17-18-15-8-6-13(10-16(15)19-17)20-23(21,22)14-7-5-11(2)12(3)9-14/h5-10,20H,4H2,1-3H3,(H,18,19). The molecule has 0 saturated heterocycles. The smallest absolute Gasteiger partial charge is 0.261 e. The van der Waals surface area contributed by atoms with Crippen LogP contribution in [0.15, 0.2) is 41.3 Å². The van der Waals surface area contributed by atoms with E-state index in [1.54, 1.807) is 24.3 Å². The van der Waals surface area contributed by atoms with Crippen molar-refractivity contribution in [3.8, 4) is 0 Å². The lowest BCUT2D eigenvalue weighted by atomic mass is 10.1. The number of anilines is 1. The number of nitrogens with zero attached hydrogens (tertiary/aromatic N) is 1. The average Bonchev–Trinajstić information content (AvgIpc) is 2.91. The summed E-state index contributed by atoms with van der Waals surface area (Å²) in [6.45, 7) is 5.87. The molecule has 0 bridgehead atoms. The van der Waals surface area contributed by atoms with Gasteiger partial charge in [-0.3, -0.25) is 4.72 Å². The van der Waals surface area contributed by atoms with Crippen molar-refractivity contribution in [3.05, 3.63) is 53.3 Å². The maximum atomic E-state index is 12.5. The number of sulfonamides is 1. The molecule has 2 N–H and O–H groups in total. The Morgan fingerprint density at radius 2 is 1.87 bits per heavy atom. The Morgan fingerprint density at radius 1 is 1.09 bits per heavy atom. The van der Waals surface area contributed by atoms with Gasteiger partial charge in [0.25, 0.3) is 10.0 Å². The number of hydrogen-bond acceptors (Lipinski definition) is 3. The number of benzene rings is 2. The van der Waals surface area contributed by atoms with E-state index in [4.69, 9.17) is 0 Å². The molecule has 0 aliphatic rings. The van der Waals surface area contributed by atoms with E-state index in [1.807, 2.05) is 32.9 Å². The number of aromatic amines is 1. The van der Waals surface area contributed by atoms with Crippen LogP contribution in [0.2, 0.25) is 0 Å². The quantitative estimate of drug-likeness (QED) is 0.769. The molecule has 0 atom stereocenters. The second-order valence-electron chi connectivity index (χ2n) is 5.62. The van der Waals surface area contributed by atoms with Crippen LogP contribution in [-0.4, -0.2) is 18.4 Å². The molecule has 0 aliphatic heterocycles. The maximum Gasteiger partial charge on any atom is 0.261 e. The largest absolute Gasteiger partial charge is 0.342 e. The summed E-state index contributed by atoms with van der Waals surface area (Å²) in [6, 6.07) is 10.4. The molecule has 120 valence electrons. The molecule has 0 saturated carbocycles. The normalized spacial score (nSPS) is 11.8. The molecule has 0 fully saturated rings. The van der Waals surface area contributed by atoms with Crippen molar-refractivity contribution < 1.29 is 8.42 Å². The van der Waals surface area contributed by atoms with E-state index in [2.05, 4.69) is 14.7 Å². The van der Waals surface area contributed by atoms with Crippen LogP contribution in [0.3, 0.4) is 0 Å². The molecule has 2 aromatic carbocycles. The van der Waals surface area contributed by atoms with Crippen LogP contribution in [0, 0.1) is 13.8 Å². The van der Waals surface area contributed by atoms with E-state index in [1.165, 1.54) is 0 Å². The van der Waals surface area contributed by atoms with Crippen LogP contribution in [0.25, 0.3) is 11.0 Å². The highest BCUT2D eigenvalue weighted by atomic mass is 32.2. The first-order chi connectivity index (χ1) is 10.9. The fourth-order valence-electron chi connectivity index (χ4n) is 2.39. The second kappa shape index (κ2) is 5.70. The van der Waals surface area contributed by atoms with Gasteiger partial charge in [-0.25, -0.2) is 13.4 Å². The first-order valence-corrected chi connectivity index (χ1v) is 8.96. The van der Waals surface area contributed by atoms with Gasteiger partial charge >= 0.3 is 0 Å². The monoisotopic (exact) mass is 329 g/mol. The lowest BCUT2D eigenvalue weighted by Gasteiger charge is -2.09. The van der Waals surface area contributed by atoms with Crippen LogP contribution in [-0.2, 0) is 16.4 Å². The minimum Gasteiger partial charge on any atom is -0.342 e. The van der Waals surface area contributed by atoms with Gasteiger partial charge in [0.1, 0.15) is 5.82 Å². The highest BCUT2D eigenvalue weighted by molar-refractivity contribution is 7.92. The Bertz CT molecular complexity index is 975. The van der Waals surface area contributed by atoms with Crippen molar-refractivity contribution in [2.24, 2.45) is 0 Å². The zero-order valence-corrected chi connectivity index (χ0v) is 14.2. The number of rotatable bonds is 4. The van der Waals surface area contributed by atoms with Gasteiger partial charge in [0.15, 0.2) is 0 Å². The molecule has 0 spiro atoms. The van der Waals surface area contributed by atoms with E-state index in [0.29, 0.717) is 5.69 Å². The van der Waals surface area contributed by atoms with Crippen molar-refractivity contribution in [2.75, 3.05) is 4.72 Å². The van der Waals surface area contributed by atoms with Gasteiger partial charge in [-0.2, -0.15) is 0 Å². The van der Waals surface area contributed by atoms with Crippen molar-refractivity contribution in [3.63, 3.8) is 0 Å². The first-order valence-electron chi connectivity index (χ1n) is 7.48. The van der Waals surface area contributed by atoms with Crippen molar-refractivity contribution in [2.45, 2.75) is 32.1 Å². The predicted octanol–water partition coefficient (Wildman–Crippen LogP) is 3.54. The van der Waals surface area contributed by atoms with Gasteiger partial charge in [0.05, 0.1) is 21.6 Å². The molecule has 0 radical (unpaired) electrons. The zero-order valence-electron chi connectivity index (χ0n) is 13.3. The van der Waals surface area contributed by atoms with Crippen LogP contribution < -0.4 is 4.72 Å². The number of hydrogen-bond donors (Lipinski definition) is 2. The third-order valence-electron chi connectivity index (χ3n) is 3.91. The van der Waals surface area contributed by atoms with Crippen LogP contribution in [0.4, 0.5) is 5.69 Å². The summed E-state index contributed by atoms with van der Waals surface area (Å²) in [7, 11) is -3.60. The number of imidazole rings is 1. The maximum absolute atomic E-state index is 12.5. The Morgan fingerprint density at radius 3 is 2.57 bits per heavy atom. The third kappa shape index (κ3) is 3.07. The van der Waals surface area contributed by atoms with E-state index in [-0.39, 0.29) is 4.90 Å². The molecule has 5 nitrogen and oxygen atoms in total. The van der Waals surface area contributed by atoms with Crippen molar-refractivity contribution in [1.82, 2.24) is 9.97 Å². The van der Waals surface area contributed by atoms with Crippen molar-refractivity contribution in [1.29, 1.82) is 0 Å². The summed E-state index contributed by atoms with van der Waals surface area (Å²) in [4.78, 5) is 7.86. The number of aryl methyl sites for hydroxylation is 3. The molecule has 1 heterocycles. The Kier molecular flexibility index (Phi) is 3.85. The Labute approximate surface area is 135 Å². The Balaban J connectivity index is 1.94. The predicted molar refractivity (Wildman–Crippen MR) is 92.2 cm³/mol. The van der Waals surface area contributed by atoms with Crippen LogP contribution in [0.1, 0.15) is 23.9 Å². The second-order valence-corrected chi connectivity index (χ2v) is 7.30. The highest BCUT2D eigenvalue weighted by Crippen LogP contribution is 2.22. The topological polar surface area (TPSA) is 74.8 Å². The van der Waals surface area contributed by atoms with E-state index in [0.717, 1.165) is 34.4 Å². The van der Waals surface area contributed by atoms with Crippen molar-refractivity contribution >= 4 is 26.7 Å². The lowest BCUT2D eigenvalue weighted by Crippen LogP contribution is -2.13. The fraction of sp³-hybridized carbons (Fsp3) is 0.235. The summed E-state index contributed by atoms with van der Waals surface area (Å²) < 4.78 is 27.7. The van der Waals surface area contributed by atoms with E-state index in [9.17, 15) is 8.42 Å². The summed E-state index contributed by atoms with van der Waals surface area (Å²) in [5.41, 5.74) is 4.18. The van der Waals surface area contributed by atoms with Gasteiger partial charge in [0, 0.05) is 6.42 Å². The van der Waals surface area contributed by atoms with Gasteiger partial charge in [-0.1, -0.05) is 13.0 Å². The molecular formula is C17H19N3O2S. The molecular weight excluding hydrogens is 310 g/mol. The van der Waals surface area contributed by atoms with Gasteiger partial charge in [-0.05, 0) is 55.3 Å². The Hall–Kier alpha value is -2.34. The van der Waals surface area contributed by atoms with Gasteiger partial charge < -0.3 is 4.98 Å². The summed E-state index contributed by atoms with van der Waals surface area (Å²) in [6.07, 6.45) is 0.804. The molecule has 1 aromatic heterocycles. The third-order valence-corrected chi connectivity index (χ3v) is 5.29. The number of H-pyrrole nitrogens is 1. The molecule has 0 amide bonds. The molecule has 0 unspecified atom stereocenters. The van der Waals surface area contributed by atoms with E-state index >= 15 is 0 Å².